The number of amides is 5. The van der Waals surface area contributed by atoms with Gasteiger partial charge >= 0.3 is 29.6 Å². The second-order valence-corrected chi connectivity index (χ2v) is 18.4. The minimum Gasteiger partial charge on any atom is -0.870 e. The molecule has 14 heteroatoms. The molecule has 5 amide bonds. The van der Waals surface area contributed by atoms with Gasteiger partial charge in [0.1, 0.15) is 18.1 Å². The van der Waals surface area contributed by atoms with Crippen molar-refractivity contribution < 1.29 is 63.8 Å². The van der Waals surface area contributed by atoms with E-state index in [9.17, 15) is 28.8 Å². The van der Waals surface area contributed by atoms with Crippen molar-refractivity contribution in [2.75, 3.05) is 26.2 Å². The number of carbonyl (C=O) groups excluding carboxylic acids is 6. The third-order valence-electron chi connectivity index (χ3n) is 13.0. The first kappa shape index (κ1) is 61.9. The average Bonchev–Trinajstić information content (AvgIpc) is 3.98. The standard InChI is InChI=1S/C50H91N6O6.Na.H2O/c1-3-5-7-9-11-13-15-17-19-21-23-35-46(58)55-39-29-33-44(55)49(61)52-38-28-26-32-43(48(60)53-42(41-57)31-25-27-37-51)54-50(62)45-34-30-40-56(45)47(59)36-24-22-20-18-16-14-12-10-8-6-4-2;;/h42-45H,3-40,51H2,1-2H3,(H,52,61)(H,53,60)(H,54,62);;1H2/q-1;+1;/p-1. The number of rotatable bonds is 39. The van der Waals surface area contributed by atoms with E-state index in [1.165, 1.54) is 103 Å². The number of likely N-dealkylation sites (tertiary alicyclic amines) is 2. The molecular formula is C50H92N6NaO7-. The molecule has 0 aliphatic carbocycles. The van der Waals surface area contributed by atoms with Crippen molar-refractivity contribution in [1.29, 1.82) is 0 Å². The summed E-state index contributed by atoms with van der Waals surface area (Å²) in [5.41, 5.74) is 5.62. The van der Waals surface area contributed by atoms with Crippen LogP contribution in [0.3, 0.4) is 0 Å². The monoisotopic (exact) mass is 912 g/mol. The van der Waals surface area contributed by atoms with Gasteiger partial charge in [0, 0.05) is 32.5 Å². The van der Waals surface area contributed by atoms with Crippen LogP contribution in [0.25, 0.3) is 0 Å². The smallest absolute Gasteiger partial charge is 0.870 e. The van der Waals surface area contributed by atoms with Crippen LogP contribution in [0.1, 0.15) is 232 Å². The van der Waals surface area contributed by atoms with Gasteiger partial charge in [-0.05, 0) is 70.8 Å². The van der Waals surface area contributed by atoms with Crippen LogP contribution in [0.4, 0.5) is 0 Å². The molecule has 366 valence electrons. The Morgan fingerprint density at radius 2 is 0.984 bits per heavy atom. The molecule has 4 unspecified atom stereocenters. The summed E-state index contributed by atoms with van der Waals surface area (Å²) in [4.78, 5) is 82.1. The predicted octanol–water partition coefficient (Wildman–Crippen LogP) is 5.69. The van der Waals surface area contributed by atoms with E-state index in [0.29, 0.717) is 84.0 Å². The first-order chi connectivity index (χ1) is 30.3. The zero-order chi connectivity index (χ0) is 45.0. The summed E-state index contributed by atoms with van der Waals surface area (Å²) in [5.74, 6) is -0.898. The van der Waals surface area contributed by atoms with E-state index in [2.05, 4.69) is 29.8 Å². The SMILES string of the molecule is CCCCCCCCCCCCCC(=O)N1CCCC1C(=O)NCCCCC(NC(=O)C1CCCN1C(=O)CCCCCCCCCCCCC)C(=O)NC([C-]=O)CCCCN.[Na+].[OH-]. The Balaban J connectivity index is 0.0000198. The van der Waals surface area contributed by atoms with Gasteiger partial charge in [-0.25, -0.2) is 6.29 Å². The van der Waals surface area contributed by atoms with Gasteiger partial charge in [-0.15, -0.1) is 0 Å². The normalized spacial score (nSPS) is 16.7. The van der Waals surface area contributed by atoms with Gasteiger partial charge in [-0.1, -0.05) is 161 Å². The van der Waals surface area contributed by atoms with Crippen LogP contribution in [0, 0.1) is 0 Å². The van der Waals surface area contributed by atoms with Crippen LogP contribution in [-0.4, -0.2) is 101 Å². The Kier molecular flexibility index (Phi) is 39.8. The zero-order valence-electron chi connectivity index (χ0n) is 41.0. The van der Waals surface area contributed by atoms with Crippen LogP contribution in [0.15, 0.2) is 0 Å². The molecule has 2 heterocycles. The Bertz CT molecular complexity index is 1240. The van der Waals surface area contributed by atoms with Gasteiger partial charge < -0.3 is 41.8 Å². The van der Waals surface area contributed by atoms with Crippen LogP contribution in [0.2, 0.25) is 0 Å². The van der Waals surface area contributed by atoms with Crippen LogP contribution in [0.5, 0.6) is 0 Å². The van der Waals surface area contributed by atoms with Crippen molar-refractivity contribution in [2.24, 2.45) is 5.73 Å². The van der Waals surface area contributed by atoms with Crippen LogP contribution >= 0.6 is 0 Å². The summed E-state index contributed by atoms with van der Waals surface area (Å²) in [6.45, 7) is 6.49. The summed E-state index contributed by atoms with van der Waals surface area (Å²) in [6, 6.07) is -2.80. The van der Waals surface area contributed by atoms with Gasteiger partial charge in [-0.2, -0.15) is 0 Å². The largest absolute Gasteiger partial charge is 1.00 e. The maximum absolute atomic E-state index is 13.7. The van der Waals surface area contributed by atoms with E-state index in [4.69, 9.17) is 5.73 Å². The number of nitrogens with zero attached hydrogens (tertiary/aromatic N) is 2. The fourth-order valence-corrected chi connectivity index (χ4v) is 9.11. The molecule has 13 nitrogen and oxygen atoms in total. The molecule has 0 saturated carbocycles. The zero-order valence-corrected chi connectivity index (χ0v) is 43.0. The van der Waals surface area contributed by atoms with Crippen molar-refractivity contribution in [3.05, 3.63) is 0 Å². The first-order valence-electron chi connectivity index (χ1n) is 25.8. The molecule has 0 radical (unpaired) electrons. The van der Waals surface area contributed by atoms with Gasteiger partial charge in [0.15, 0.2) is 0 Å². The van der Waals surface area contributed by atoms with Gasteiger partial charge in [0.25, 0.3) is 0 Å². The fourth-order valence-electron chi connectivity index (χ4n) is 9.11. The molecule has 2 saturated heterocycles. The van der Waals surface area contributed by atoms with Crippen molar-refractivity contribution in [1.82, 2.24) is 25.8 Å². The number of nitrogens with one attached hydrogen (secondary N) is 3. The fraction of sp³-hybridized carbons (Fsp3) is 0.880. The molecule has 0 aromatic rings. The van der Waals surface area contributed by atoms with Crippen molar-refractivity contribution in [2.45, 2.75) is 256 Å². The second kappa shape index (κ2) is 41.2. The number of carbonyl (C=O) groups is 5. The summed E-state index contributed by atoms with van der Waals surface area (Å²) in [6.07, 6.45) is 35.5. The Morgan fingerprint density at radius 3 is 1.42 bits per heavy atom. The van der Waals surface area contributed by atoms with E-state index in [1.54, 1.807) is 9.80 Å². The predicted molar refractivity (Wildman–Crippen MR) is 253 cm³/mol. The Hall–Kier alpha value is -2.06. The minimum absolute atomic E-state index is 0. The molecule has 0 aromatic carbocycles. The van der Waals surface area contributed by atoms with E-state index in [1.807, 2.05) is 6.29 Å². The molecule has 0 aromatic heterocycles. The minimum atomic E-state index is -0.911. The third-order valence-corrected chi connectivity index (χ3v) is 13.0. The molecule has 0 spiro atoms. The number of nitrogens with two attached hydrogens (primary N) is 1. The third kappa shape index (κ3) is 27.5. The van der Waals surface area contributed by atoms with Gasteiger partial charge in [0.2, 0.25) is 29.5 Å². The van der Waals surface area contributed by atoms with E-state index in [-0.39, 0.29) is 58.7 Å². The van der Waals surface area contributed by atoms with Crippen LogP contribution < -0.4 is 51.2 Å². The summed E-state index contributed by atoms with van der Waals surface area (Å²) < 4.78 is 0. The van der Waals surface area contributed by atoms with E-state index >= 15 is 0 Å². The molecule has 6 N–H and O–H groups in total. The van der Waals surface area contributed by atoms with Gasteiger partial charge in [0.05, 0.1) is 0 Å². The van der Waals surface area contributed by atoms with Crippen molar-refractivity contribution >= 4 is 35.8 Å². The van der Waals surface area contributed by atoms with Crippen LogP contribution in [-0.2, 0) is 28.8 Å². The number of unbranched alkanes of at least 4 members (excludes halogenated alkanes) is 22. The number of hydrogen-bond acceptors (Lipinski definition) is 8. The molecular weight excluding hydrogens is 820 g/mol. The maximum atomic E-state index is 13.7. The molecule has 2 fully saturated rings. The number of hydrogen-bond donors (Lipinski definition) is 4. The quantitative estimate of drug-likeness (QED) is 0.0342. The summed E-state index contributed by atoms with van der Waals surface area (Å²) in [7, 11) is 0. The molecule has 64 heavy (non-hydrogen) atoms. The summed E-state index contributed by atoms with van der Waals surface area (Å²) >= 11 is 0. The Morgan fingerprint density at radius 1 is 0.562 bits per heavy atom. The molecule has 2 aliphatic rings. The van der Waals surface area contributed by atoms with E-state index < -0.39 is 30.1 Å². The summed E-state index contributed by atoms with van der Waals surface area (Å²) in [5, 5.41) is 8.71. The second-order valence-electron chi connectivity index (χ2n) is 18.4. The molecule has 4 atom stereocenters. The van der Waals surface area contributed by atoms with Gasteiger partial charge in [-0.3, -0.25) is 24.0 Å². The van der Waals surface area contributed by atoms with Crippen molar-refractivity contribution in [3.63, 3.8) is 0 Å². The van der Waals surface area contributed by atoms with Crippen molar-refractivity contribution in [3.8, 4) is 0 Å². The average molecular weight is 912 g/mol. The Labute approximate surface area is 411 Å². The maximum Gasteiger partial charge on any atom is 1.00 e. The topological polar surface area (TPSA) is 201 Å². The molecule has 0 bridgehead atoms. The van der Waals surface area contributed by atoms with E-state index in [0.717, 1.165) is 57.8 Å². The molecule has 2 rings (SSSR count). The molecule has 2 aliphatic heterocycles. The first-order valence-corrected chi connectivity index (χ1v) is 25.8.